The van der Waals surface area contributed by atoms with Crippen LogP contribution in [-0.4, -0.2) is 22.7 Å². The minimum Gasteiger partial charge on any atom is -0.508 e. The molecule has 0 saturated carbocycles. The molecule has 1 atom stereocenters. The molecule has 2 aromatic carbocycles. The summed E-state index contributed by atoms with van der Waals surface area (Å²) in [6, 6.07) is 13.8. The van der Waals surface area contributed by atoms with Crippen molar-refractivity contribution in [2.24, 2.45) is 0 Å². The molecule has 0 aromatic heterocycles. The molecule has 0 radical (unpaired) electrons. The summed E-state index contributed by atoms with van der Waals surface area (Å²) in [5.74, 6) is 0.762. The van der Waals surface area contributed by atoms with Crippen molar-refractivity contribution in [2.75, 3.05) is 0 Å². The van der Waals surface area contributed by atoms with E-state index in [4.69, 9.17) is 14.6 Å². The molecule has 2 rings (SSSR count). The van der Waals surface area contributed by atoms with Gasteiger partial charge in [0.2, 0.25) is 0 Å². The van der Waals surface area contributed by atoms with Crippen LogP contribution in [0.3, 0.4) is 0 Å². The molecule has 0 amide bonds. The average molecular weight is 459 g/mol. The van der Waals surface area contributed by atoms with E-state index in [0.717, 1.165) is 0 Å². The summed E-state index contributed by atoms with van der Waals surface area (Å²) in [6.07, 6.45) is 11.8. The maximum atomic E-state index is 12.0. The molecular weight excluding hydrogens is 416 g/mol. The molecule has 0 bridgehead atoms. The zero-order valence-electron chi connectivity index (χ0n) is 20.8. The van der Waals surface area contributed by atoms with Crippen LogP contribution in [0.25, 0.3) is 0 Å². The minimum absolute atomic E-state index is 0.129. The smallest absolute Gasteiger partial charge is 0.343 e. The molecule has 0 aliphatic heterocycles. The van der Waals surface area contributed by atoms with Crippen LogP contribution in [0.4, 0.5) is 0 Å². The lowest BCUT2D eigenvalue weighted by atomic mass is 9.95. The molecule has 0 heterocycles. The number of carboxylic acid groups (broad SMARTS) is 1. The number of esters is 1. The third-order valence-corrected chi connectivity index (χ3v) is 5.21. The van der Waals surface area contributed by atoms with Gasteiger partial charge in [0.15, 0.2) is 0 Å². The molecule has 0 saturated heterocycles. The highest BCUT2D eigenvalue weighted by molar-refractivity contribution is 5.91. The summed E-state index contributed by atoms with van der Waals surface area (Å²) < 4.78 is 5.37. The van der Waals surface area contributed by atoms with Gasteiger partial charge in [-0.05, 0) is 54.3 Å². The molecule has 0 aliphatic rings. The Bertz CT molecular complexity index is 734. The van der Waals surface area contributed by atoms with Gasteiger partial charge in [0, 0.05) is 0 Å². The van der Waals surface area contributed by atoms with Gasteiger partial charge in [0.25, 0.3) is 6.47 Å². The van der Waals surface area contributed by atoms with Crippen LogP contribution < -0.4 is 4.74 Å². The van der Waals surface area contributed by atoms with Crippen molar-refractivity contribution in [1.82, 2.24) is 0 Å². The van der Waals surface area contributed by atoms with Gasteiger partial charge in [-0.1, -0.05) is 91.2 Å². The summed E-state index contributed by atoms with van der Waals surface area (Å²) in [6.45, 7) is 8.68. The van der Waals surface area contributed by atoms with Gasteiger partial charge >= 0.3 is 5.97 Å². The number of carbonyl (C=O) groups excluding carboxylic acids is 1. The summed E-state index contributed by atoms with van der Waals surface area (Å²) in [4.78, 5) is 20.4. The number of carbonyl (C=O) groups is 2. The predicted octanol–water partition coefficient (Wildman–Crippen LogP) is 7.97. The topological polar surface area (TPSA) is 83.8 Å². The first-order valence-corrected chi connectivity index (χ1v) is 12.1. The molecule has 0 fully saturated rings. The SMILES string of the molecule is CCCCCC.CCCCCCC(C)c1ccc(OC(=O)c2ccc(O)cc2)cc1.O=CO. The lowest BCUT2D eigenvalue weighted by Gasteiger charge is -2.12. The first-order chi connectivity index (χ1) is 15.9. The van der Waals surface area contributed by atoms with Crippen LogP contribution in [0.15, 0.2) is 48.5 Å². The Morgan fingerprint density at radius 2 is 1.33 bits per heavy atom. The van der Waals surface area contributed by atoms with E-state index in [1.54, 1.807) is 12.1 Å². The van der Waals surface area contributed by atoms with E-state index in [2.05, 4.69) is 27.7 Å². The van der Waals surface area contributed by atoms with Crippen LogP contribution in [0.1, 0.15) is 107 Å². The van der Waals surface area contributed by atoms with Crippen LogP contribution in [0.5, 0.6) is 11.5 Å². The zero-order valence-corrected chi connectivity index (χ0v) is 20.8. The van der Waals surface area contributed by atoms with E-state index in [0.29, 0.717) is 17.2 Å². The molecule has 0 aliphatic carbocycles. The average Bonchev–Trinajstić information content (AvgIpc) is 2.82. The third-order valence-electron chi connectivity index (χ3n) is 5.21. The number of ether oxygens (including phenoxy) is 1. The molecule has 2 N–H and O–H groups in total. The van der Waals surface area contributed by atoms with Crippen molar-refractivity contribution in [2.45, 2.75) is 91.4 Å². The second-order valence-corrected chi connectivity index (χ2v) is 8.07. The standard InChI is InChI=1S/C21H26O3.C6H14.CH2O2/c1-3-4-5-6-7-16(2)17-10-14-20(15-11-17)24-21(23)18-8-12-19(22)13-9-18;1-3-5-6-4-2;2-1-3/h8-16,22H,3-7H2,1-2H3;3-6H2,1-2H3;1H,(H,2,3). The van der Waals surface area contributed by atoms with Gasteiger partial charge in [0.1, 0.15) is 11.5 Å². The van der Waals surface area contributed by atoms with Gasteiger partial charge < -0.3 is 14.9 Å². The molecule has 184 valence electrons. The Morgan fingerprint density at radius 1 is 0.848 bits per heavy atom. The monoisotopic (exact) mass is 458 g/mol. The number of phenols is 1. The van der Waals surface area contributed by atoms with Crippen molar-refractivity contribution in [1.29, 1.82) is 0 Å². The normalized spacial score (nSPS) is 10.7. The molecule has 5 heteroatoms. The highest BCUT2D eigenvalue weighted by Gasteiger charge is 2.10. The first-order valence-electron chi connectivity index (χ1n) is 12.1. The Labute approximate surface area is 199 Å². The molecule has 5 nitrogen and oxygen atoms in total. The Hall–Kier alpha value is -2.82. The molecule has 2 aromatic rings. The van der Waals surface area contributed by atoms with Gasteiger partial charge in [0.05, 0.1) is 5.56 Å². The summed E-state index contributed by atoms with van der Waals surface area (Å²) in [5, 5.41) is 16.1. The summed E-state index contributed by atoms with van der Waals surface area (Å²) >= 11 is 0. The number of rotatable bonds is 11. The Kier molecular flexibility index (Phi) is 18.1. The second kappa shape index (κ2) is 19.8. The number of unbranched alkanes of at least 4 members (excludes halogenated alkanes) is 6. The van der Waals surface area contributed by atoms with Gasteiger partial charge in [-0.15, -0.1) is 0 Å². The molecule has 1 unspecified atom stereocenters. The van der Waals surface area contributed by atoms with Gasteiger partial charge in [-0.2, -0.15) is 0 Å². The fraction of sp³-hybridized carbons (Fsp3) is 0.500. The zero-order chi connectivity index (χ0) is 24.9. The minimum atomic E-state index is -0.421. The predicted molar refractivity (Wildman–Crippen MR) is 135 cm³/mol. The maximum Gasteiger partial charge on any atom is 0.343 e. The van der Waals surface area contributed by atoms with E-state index in [1.807, 2.05) is 24.3 Å². The number of hydrogen-bond donors (Lipinski definition) is 2. The van der Waals surface area contributed by atoms with Crippen molar-refractivity contribution >= 4 is 12.4 Å². The van der Waals surface area contributed by atoms with Crippen molar-refractivity contribution in [3.05, 3.63) is 59.7 Å². The lowest BCUT2D eigenvalue weighted by Crippen LogP contribution is -2.08. The quantitative estimate of drug-likeness (QED) is 0.154. The number of benzene rings is 2. The van der Waals surface area contributed by atoms with E-state index in [9.17, 15) is 9.90 Å². The van der Waals surface area contributed by atoms with Gasteiger partial charge in [-0.3, -0.25) is 4.79 Å². The highest BCUT2D eigenvalue weighted by atomic mass is 16.5. The van der Waals surface area contributed by atoms with Crippen LogP contribution >= 0.6 is 0 Å². The van der Waals surface area contributed by atoms with Crippen LogP contribution in [0, 0.1) is 0 Å². The first kappa shape index (κ1) is 30.2. The highest BCUT2D eigenvalue weighted by Crippen LogP contribution is 2.24. The third kappa shape index (κ3) is 14.8. The van der Waals surface area contributed by atoms with Crippen LogP contribution in [0.2, 0.25) is 0 Å². The molecule has 33 heavy (non-hydrogen) atoms. The van der Waals surface area contributed by atoms with E-state index in [-0.39, 0.29) is 12.2 Å². The summed E-state index contributed by atoms with van der Waals surface area (Å²) in [5.41, 5.74) is 1.69. The fourth-order valence-electron chi connectivity index (χ4n) is 3.17. The second-order valence-electron chi connectivity index (χ2n) is 8.07. The van der Waals surface area contributed by atoms with Crippen LogP contribution in [-0.2, 0) is 4.79 Å². The number of hydrogen-bond acceptors (Lipinski definition) is 4. The van der Waals surface area contributed by atoms with Crippen molar-refractivity contribution in [3.8, 4) is 11.5 Å². The lowest BCUT2D eigenvalue weighted by molar-refractivity contribution is -0.122. The summed E-state index contributed by atoms with van der Waals surface area (Å²) in [7, 11) is 0. The number of phenolic OH excluding ortho intramolecular Hbond substituents is 1. The van der Waals surface area contributed by atoms with E-state index >= 15 is 0 Å². The van der Waals surface area contributed by atoms with E-state index < -0.39 is 5.97 Å². The van der Waals surface area contributed by atoms with Crippen molar-refractivity contribution < 1.29 is 24.5 Å². The van der Waals surface area contributed by atoms with Crippen molar-refractivity contribution in [3.63, 3.8) is 0 Å². The maximum absolute atomic E-state index is 12.0. The molecule has 0 spiro atoms. The Balaban J connectivity index is 0.000000969. The fourth-order valence-corrected chi connectivity index (χ4v) is 3.17. The van der Waals surface area contributed by atoms with Gasteiger partial charge in [-0.25, -0.2) is 4.79 Å². The number of aromatic hydroxyl groups is 1. The molecular formula is C28H42O5. The van der Waals surface area contributed by atoms with E-state index in [1.165, 1.54) is 75.5 Å². The Morgan fingerprint density at radius 3 is 1.82 bits per heavy atom. The largest absolute Gasteiger partial charge is 0.508 e.